The third-order valence-electron chi connectivity index (χ3n) is 1.85. The molecule has 0 radical (unpaired) electrons. The summed E-state index contributed by atoms with van der Waals surface area (Å²) in [6.07, 6.45) is 3.92. The van der Waals surface area contributed by atoms with Gasteiger partial charge in [0.25, 0.3) is 0 Å². The van der Waals surface area contributed by atoms with Gasteiger partial charge in [0, 0.05) is 52.6 Å². The maximum absolute atomic E-state index is 4.36. The highest BCUT2D eigenvalue weighted by molar-refractivity contribution is 14.2. The zero-order chi connectivity index (χ0) is 9.42. The van der Waals surface area contributed by atoms with E-state index in [2.05, 4.69) is 65.3 Å². The van der Waals surface area contributed by atoms with Crippen LogP contribution in [0.2, 0.25) is 0 Å². The van der Waals surface area contributed by atoms with Crippen LogP contribution >= 0.6 is 46.3 Å². The van der Waals surface area contributed by atoms with Crippen LogP contribution < -0.4 is 0 Å². The molecule has 0 aliphatic rings. The second-order valence-corrected chi connectivity index (χ2v) is 5.36. The number of hydrogen-bond acceptors (Lipinski definition) is 2. The minimum Gasteiger partial charge on any atom is -0.266 e. The molecule has 2 heterocycles. The summed E-state index contributed by atoms with van der Waals surface area (Å²) in [6, 6.07) is 2.10. The molecule has 0 fully saturated rings. The van der Waals surface area contributed by atoms with E-state index in [4.69, 9.17) is 0 Å². The third-order valence-corrected chi connectivity index (χ3v) is 3.99. The highest BCUT2D eigenvalue weighted by Gasteiger charge is 2.06. The molecule has 0 saturated heterocycles. The van der Waals surface area contributed by atoms with E-state index in [-0.39, 0.29) is 0 Å². The number of aryl methyl sites for hydroxylation is 1. The zero-order valence-electron chi connectivity index (χ0n) is 6.79. The first kappa shape index (κ1) is 9.79. The fourth-order valence-electron chi connectivity index (χ4n) is 1.26. The van der Waals surface area contributed by atoms with E-state index in [1.54, 1.807) is 9.12 Å². The molecule has 13 heavy (non-hydrogen) atoms. The van der Waals surface area contributed by atoms with Crippen LogP contribution in [0.4, 0.5) is 0 Å². The fraction of sp³-hybridized carbons (Fsp3) is 0.125. The van der Waals surface area contributed by atoms with Crippen molar-refractivity contribution in [3.05, 3.63) is 28.5 Å². The Morgan fingerprint density at radius 3 is 3.08 bits per heavy atom. The Kier molecular flexibility index (Phi) is 2.85. The Morgan fingerprint density at radius 1 is 1.62 bits per heavy atom. The van der Waals surface area contributed by atoms with Gasteiger partial charge < -0.3 is 0 Å². The summed E-state index contributed by atoms with van der Waals surface area (Å²) in [5, 5.41) is 1.21. The smallest absolute Gasteiger partial charge is 0.150 e. The number of fused-ring (bicyclic) bond motifs is 1. The van der Waals surface area contributed by atoms with E-state index in [0.29, 0.717) is 0 Å². The van der Waals surface area contributed by atoms with Gasteiger partial charge in [-0.1, -0.05) is 0 Å². The molecule has 5 heteroatoms. The van der Waals surface area contributed by atoms with E-state index >= 15 is 0 Å². The molecule has 0 aliphatic heterocycles. The van der Waals surface area contributed by atoms with Crippen LogP contribution in [-0.4, -0.2) is 8.96 Å². The van der Waals surface area contributed by atoms with Crippen LogP contribution in [0.3, 0.4) is 0 Å². The molecule has 0 saturated carbocycles. The normalized spacial score (nSPS) is 11.0. The predicted molar refractivity (Wildman–Crippen MR) is 69.2 cm³/mol. The second-order valence-electron chi connectivity index (χ2n) is 2.73. The monoisotopic (exact) mass is 368 g/mol. The summed E-state index contributed by atoms with van der Waals surface area (Å²) in [7, 11) is 1.63. The minimum atomic E-state index is 1.03. The lowest BCUT2D eigenvalue weighted by molar-refractivity contribution is 1.26. The molecular formula is C8H6BrIN2S. The molecule has 0 aliphatic carbocycles. The number of aromatic nitrogens is 2. The van der Waals surface area contributed by atoms with E-state index in [9.17, 15) is 0 Å². The Hall–Kier alpha value is 0.250. The van der Waals surface area contributed by atoms with Crippen molar-refractivity contribution in [3.63, 3.8) is 0 Å². The van der Waals surface area contributed by atoms with Crippen LogP contribution in [0, 0.1) is 6.92 Å². The average Bonchev–Trinajstić information content (AvgIpc) is 2.43. The number of pyridine rings is 1. The lowest BCUT2D eigenvalue weighted by atomic mass is 10.2. The highest BCUT2D eigenvalue weighted by atomic mass is 127. The van der Waals surface area contributed by atoms with Crippen molar-refractivity contribution in [2.24, 2.45) is 0 Å². The van der Waals surface area contributed by atoms with Gasteiger partial charge >= 0.3 is 0 Å². The molecule has 0 bridgehead atoms. The van der Waals surface area contributed by atoms with Gasteiger partial charge in [-0.2, -0.15) is 0 Å². The predicted octanol–water partition coefficient (Wildman–Crippen LogP) is 3.95. The third kappa shape index (κ3) is 1.73. The Labute approximate surface area is 101 Å². The lowest BCUT2D eigenvalue weighted by Gasteiger charge is -1.96. The van der Waals surface area contributed by atoms with Crippen LogP contribution in [0.15, 0.2) is 22.9 Å². The first-order valence-corrected chi connectivity index (χ1v) is 7.75. The Morgan fingerprint density at radius 2 is 2.38 bits per heavy atom. The van der Waals surface area contributed by atoms with Gasteiger partial charge in [-0.3, -0.25) is 3.97 Å². The fourth-order valence-corrected chi connectivity index (χ4v) is 2.90. The number of hydrogen-bond donors (Lipinski definition) is 0. The summed E-state index contributed by atoms with van der Waals surface area (Å²) < 4.78 is 3.09. The van der Waals surface area contributed by atoms with E-state index < -0.39 is 0 Å². The molecule has 2 aromatic rings. The van der Waals surface area contributed by atoms with Crippen LogP contribution in [0.5, 0.6) is 0 Å². The Bertz CT molecular complexity index is 455. The standard InChI is InChI=1S/C8H6BrIN2S/c1-5-4-12(13-10)8-7(5)2-6(9)3-11-8/h2-4H,1H3. The second kappa shape index (κ2) is 3.78. The summed E-state index contributed by atoms with van der Waals surface area (Å²) in [5.41, 5.74) is 2.29. The number of rotatable bonds is 1. The summed E-state index contributed by atoms with van der Waals surface area (Å²) in [4.78, 5) is 4.36. The maximum atomic E-state index is 4.36. The van der Waals surface area contributed by atoms with Crippen molar-refractivity contribution in [3.8, 4) is 0 Å². The minimum absolute atomic E-state index is 1.03. The molecule has 0 amide bonds. The van der Waals surface area contributed by atoms with Gasteiger partial charge in [-0.05, 0) is 34.5 Å². The topological polar surface area (TPSA) is 17.8 Å². The van der Waals surface area contributed by atoms with Crippen molar-refractivity contribution in [1.29, 1.82) is 0 Å². The molecule has 0 N–H and O–H groups in total. The van der Waals surface area contributed by atoms with Crippen molar-refractivity contribution < 1.29 is 0 Å². The molecule has 2 rings (SSSR count). The lowest BCUT2D eigenvalue weighted by Crippen LogP contribution is -1.82. The highest BCUT2D eigenvalue weighted by Crippen LogP contribution is 2.27. The maximum Gasteiger partial charge on any atom is 0.150 e. The molecule has 0 spiro atoms. The summed E-state index contributed by atoms with van der Waals surface area (Å²) in [6.45, 7) is 2.10. The van der Waals surface area contributed by atoms with E-state index in [1.165, 1.54) is 10.9 Å². The average molecular weight is 369 g/mol. The number of halogens is 2. The number of nitrogens with zero attached hydrogens (tertiary/aromatic N) is 2. The van der Waals surface area contributed by atoms with E-state index in [0.717, 1.165) is 10.1 Å². The van der Waals surface area contributed by atoms with Gasteiger partial charge in [0.2, 0.25) is 0 Å². The van der Waals surface area contributed by atoms with Crippen molar-refractivity contribution >= 4 is 57.3 Å². The molecule has 0 atom stereocenters. The zero-order valence-corrected chi connectivity index (χ0v) is 11.4. The van der Waals surface area contributed by atoms with Crippen LogP contribution in [0.25, 0.3) is 11.0 Å². The van der Waals surface area contributed by atoms with Gasteiger partial charge in [0.05, 0.1) is 0 Å². The summed E-state index contributed by atoms with van der Waals surface area (Å²) >= 11 is 5.67. The first-order valence-electron chi connectivity index (χ1n) is 3.64. The molecule has 0 aromatic carbocycles. The largest absolute Gasteiger partial charge is 0.266 e. The van der Waals surface area contributed by atoms with Crippen LogP contribution in [-0.2, 0) is 0 Å². The molecule has 2 aromatic heterocycles. The van der Waals surface area contributed by atoms with Gasteiger partial charge in [0.15, 0.2) is 5.65 Å². The quantitative estimate of drug-likeness (QED) is 0.709. The SMILES string of the molecule is Cc1cn(SI)c2ncc(Br)cc12. The van der Waals surface area contributed by atoms with Crippen LogP contribution in [0.1, 0.15) is 5.56 Å². The first-order chi connectivity index (χ1) is 6.22. The van der Waals surface area contributed by atoms with Crippen molar-refractivity contribution in [2.45, 2.75) is 6.92 Å². The van der Waals surface area contributed by atoms with E-state index in [1.807, 2.05) is 6.20 Å². The summed E-state index contributed by atoms with van der Waals surface area (Å²) in [5.74, 6) is 0. The van der Waals surface area contributed by atoms with Crippen molar-refractivity contribution in [2.75, 3.05) is 0 Å². The molecule has 68 valence electrons. The Balaban J connectivity index is 2.80. The molecule has 2 nitrogen and oxygen atoms in total. The van der Waals surface area contributed by atoms with Gasteiger partial charge in [0.1, 0.15) is 0 Å². The van der Waals surface area contributed by atoms with Gasteiger partial charge in [-0.15, -0.1) is 0 Å². The van der Waals surface area contributed by atoms with Gasteiger partial charge in [-0.25, -0.2) is 4.98 Å². The molecular weight excluding hydrogens is 363 g/mol. The van der Waals surface area contributed by atoms with Crippen molar-refractivity contribution in [1.82, 2.24) is 8.96 Å². The molecule has 0 unspecified atom stereocenters.